The lowest BCUT2D eigenvalue weighted by molar-refractivity contribution is 0.411. The lowest BCUT2D eigenvalue weighted by atomic mass is 10.0. The van der Waals surface area contributed by atoms with Gasteiger partial charge in [-0.25, -0.2) is 0 Å². The standard InChI is InChI=1S/C29H29NO4/c1-17-10-11-29(27(33)12-17)34-28-9-7-6-8-24(28)30(25-15-22(31)13-18(2)20(25)4)26-16-23(32)14-19(3)21(26)5/h6-16,31-33H,1-5H3. The van der Waals surface area contributed by atoms with Crippen molar-refractivity contribution in [3.05, 3.63) is 94.5 Å². The molecule has 0 saturated heterocycles. The van der Waals surface area contributed by atoms with Gasteiger partial charge in [0.05, 0.1) is 17.1 Å². The monoisotopic (exact) mass is 455 g/mol. The molecule has 0 aliphatic rings. The molecule has 0 aliphatic carbocycles. The minimum Gasteiger partial charge on any atom is -0.508 e. The molecule has 0 radical (unpaired) electrons. The number of hydrogen-bond acceptors (Lipinski definition) is 5. The van der Waals surface area contributed by atoms with Crippen molar-refractivity contribution in [2.75, 3.05) is 4.90 Å². The van der Waals surface area contributed by atoms with Crippen LogP contribution < -0.4 is 9.64 Å². The topological polar surface area (TPSA) is 73.2 Å². The molecule has 4 aromatic rings. The molecule has 0 fully saturated rings. The Kier molecular flexibility index (Phi) is 6.12. The highest BCUT2D eigenvalue weighted by Crippen LogP contribution is 2.47. The fraction of sp³-hybridized carbons (Fsp3) is 0.172. The summed E-state index contributed by atoms with van der Waals surface area (Å²) in [6.07, 6.45) is 0. The van der Waals surface area contributed by atoms with E-state index in [9.17, 15) is 15.3 Å². The number of nitrogens with zero attached hydrogens (tertiary/aromatic N) is 1. The first-order chi connectivity index (χ1) is 16.2. The summed E-state index contributed by atoms with van der Waals surface area (Å²) < 4.78 is 6.20. The van der Waals surface area contributed by atoms with Gasteiger partial charge in [-0.2, -0.15) is 0 Å². The molecular weight excluding hydrogens is 426 g/mol. The van der Waals surface area contributed by atoms with E-state index in [1.807, 2.05) is 69.9 Å². The van der Waals surface area contributed by atoms with Crippen LogP contribution in [0.2, 0.25) is 0 Å². The smallest absolute Gasteiger partial charge is 0.169 e. The van der Waals surface area contributed by atoms with E-state index in [0.717, 1.165) is 39.2 Å². The van der Waals surface area contributed by atoms with Crippen LogP contribution in [0.3, 0.4) is 0 Å². The van der Waals surface area contributed by atoms with Crippen LogP contribution in [-0.4, -0.2) is 15.3 Å². The first-order valence-electron chi connectivity index (χ1n) is 11.1. The fourth-order valence-electron chi connectivity index (χ4n) is 4.06. The maximum Gasteiger partial charge on any atom is 0.169 e. The van der Waals surface area contributed by atoms with E-state index in [0.29, 0.717) is 17.2 Å². The van der Waals surface area contributed by atoms with Crippen LogP contribution in [0.1, 0.15) is 27.8 Å². The van der Waals surface area contributed by atoms with E-state index < -0.39 is 0 Å². The van der Waals surface area contributed by atoms with Crippen LogP contribution in [0.5, 0.6) is 28.7 Å². The maximum absolute atomic E-state index is 10.5. The Hall–Kier alpha value is -4.12. The molecule has 0 heterocycles. The van der Waals surface area contributed by atoms with Gasteiger partial charge < -0.3 is 25.0 Å². The molecule has 0 saturated carbocycles. The molecule has 0 atom stereocenters. The third-order valence-corrected chi connectivity index (χ3v) is 6.17. The molecule has 34 heavy (non-hydrogen) atoms. The number of benzene rings is 4. The van der Waals surface area contributed by atoms with E-state index in [1.54, 1.807) is 36.4 Å². The molecule has 5 nitrogen and oxygen atoms in total. The lowest BCUT2D eigenvalue weighted by Crippen LogP contribution is -2.14. The van der Waals surface area contributed by atoms with Crippen molar-refractivity contribution in [3.8, 4) is 28.7 Å². The summed E-state index contributed by atoms with van der Waals surface area (Å²) >= 11 is 0. The average molecular weight is 456 g/mol. The van der Waals surface area contributed by atoms with Crippen molar-refractivity contribution in [3.63, 3.8) is 0 Å². The van der Waals surface area contributed by atoms with Gasteiger partial charge in [0.15, 0.2) is 17.2 Å². The second-order valence-electron chi connectivity index (χ2n) is 8.69. The largest absolute Gasteiger partial charge is 0.508 e. The highest BCUT2D eigenvalue weighted by molar-refractivity contribution is 5.85. The second kappa shape index (κ2) is 9.02. The van der Waals surface area contributed by atoms with E-state index >= 15 is 0 Å². The molecule has 174 valence electrons. The minimum absolute atomic E-state index is 0.0510. The van der Waals surface area contributed by atoms with Crippen molar-refractivity contribution in [2.45, 2.75) is 34.6 Å². The van der Waals surface area contributed by atoms with Gasteiger partial charge in [-0.15, -0.1) is 0 Å². The van der Waals surface area contributed by atoms with Gasteiger partial charge in [0.25, 0.3) is 0 Å². The first kappa shape index (κ1) is 23.1. The zero-order valence-electron chi connectivity index (χ0n) is 20.0. The summed E-state index contributed by atoms with van der Waals surface area (Å²) in [5, 5.41) is 31.4. The summed E-state index contributed by atoms with van der Waals surface area (Å²) in [4.78, 5) is 1.98. The number of rotatable bonds is 5. The van der Waals surface area contributed by atoms with Crippen LogP contribution >= 0.6 is 0 Å². The molecule has 3 N–H and O–H groups in total. The molecule has 0 spiro atoms. The molecule has 0 amide bonds. The number of hydrogen-bond donors (Lipinski definition) is 3. The number of anilines is 3. The van der Waals surface area contributed by atoms with E-state index in [-0.39, 0.29) is 17.2 Å². The summed E-state index contributed by atoms with van der Waals surface area (Å²) in [6, 6.07) is 19.7. The summed E-state index contributed by atoms with van der Waals surface area (Å²) in [5.41, 5.74) is 6.97. The summed E-state index contributed by atoms with van der Waals surface area (Å²) in [5.74, 6) is 1.20. The number of phenolic OH excluding ortho intramolecular Hbond substituents is 3. The molecule has 4 rings (SSSR count). The summed E-state index contributed by atoms with van der Waals surface area (Å²) in [7, 11) is 0. The Balaban J connectivity index is 1.98. The highest BCUT2D eigenvalue weighted by atomic mass is 16.5. The van der Waals surface area contributed by atoms with Gasteiger partial charge >= 0.3 is 0 Å². The normalized spacial score (nSPS) is 10.9. The van der Waals surface area contributed by atoms with Crippen molar-refractivity contribution in [1.82, 2.24) is 0 Å². The average Bonchev–Trinajstić information content (AvgIpc) is 2.78. The van der Waals surface area contributed by atoms with E-state index in [2.05, 4.69) is 0 Å². The first-order valence-corrected chi connectivity index (χ1v) is 11.1. The number of aromatic hydroxyl groups is 3. The van der Waals surface area contributed by atoms with Crippen LogP contribution in [0.15, 0.2) is 66.7 Å². The van der Waals surface area contributed by atoms with Gasteiger partial charge in [0.1, 0.15) is 11.5 Å². The Morgan fingerprint density at radius 3 is 1.71 bits per heavy atom. The number of phenols is 3. The second-order valence-corrected chi connectivity index (χ2v) is 8.69. The lowest BCUT2D eigenvalue weighted by Gasteiger charge is -2.31. The molecule has 4 aromatic carbocycles. The van der Waals surface area contributed by atoms with E-state index in [4.69, 9.17) is 4.74 Å². The Labute approximate surface area is 200 Å². The predicted octanol–water partition coefficient (Wildman–Crippen LogP) is 7.61. The minimum atomic E-state index is 0.0510. The van der Waals surface area contributed by atoms with Gasteiger partial charge in [-0.05, 0) is 98.8 Å². The summed E-state index contributed by atoms with van der Waals surface area (Å²) in [6.45, 7) is 9.79. The molecule has 0 unspecified atom stereocenters. The third-order valence-electron chi connectivity index (χ3n) is 6.17. The SMILES string of the molecule is Cc1ccc(Oc2ccccc2N(c2cc(O)cc(C)c2C)c2cc(O)cc(C)c2C)c(O)c1. The van der Waals surface area contributed by atoms with Gasteiger partial charge in [-0.3, -0.25) is 0 Å². The molecule has 0 bridgehead atoms. The number of ether oxygens (including phenoxy) is 1. The highest BCUT2D eigenvalue weighted by Gasteiger charge is 2.23. The zero-order valence-corrected chi connectivity index (χ0v) is 20.0. The van der Waals surface area contributed by atoms with E-state index in [1.165, 1.54) is 0 Å². The molecule has 0 aliphatic heterocycles. The number of aryl methyl sites for hydroxylation is 3. The predicted molar refractivity (Wildman–Crippen MR) is 136 cm³/mol. The van der Waals surface area contributed by atoms with Crippen LogP contribution in [0.25, 0.3) is 0 Å². The Morgan fingerprint density at radius 2 is 1.15 bits per heavy atom. The van der Waals surface area contributed by atoms with Crippen molar-refractivity contribution in [1.29, 1.82) is 0 Å². The zero-order chi connectivity index (χ0) is 24.6. The van der Waals surface area contributed by atoms with Gasteiger partial charge in [-0.1, -0.05) is 18.2 Å². The maximum atomic E-state index is 10.5. The van der Waals surface area contributed by atoms with Gasteiger partial charge in [0.2, 0.25) is 0 Å². The van der Waals surface area contributed by atoms with Gasteiger partial charge in [0, 0.05) is 12.1 Å². The third kappa shape index (κ3) is 4.37. The van der Waals surface area contributed by atoms with Crippen LogP contribution in [0.4, 0.5) is 17.1 Å². The van der Waals surface area contributed by atoms with Crippen molar-refractivity contribution >= 4 is 17.1 Å². The quantitative estimate of drug-likeness (QED) is 0.289. The fourth-order valence-corrected chi connectivity index (χ4v) is 4.06. The Bertz CT molecular complexity index is 1320. The van der Waals surface area contributed by atoms with Crippen molar-refractivity contribution < 1.29 is 20.1 Å². The van der Waals surface area contributed by atoms with Crippen LogP contribution in [0, 0.1) is 34.6 Å². The molecular formula is C29H29NO4. The molecule has 0 aromatic heterocycles. The molecule has 5 heteroatoms. The Morgan fingerprint density at radius 1 is 0.588 bits per heavy atom. The van der Waals surface area contributed by atoms with Crippen LogP contribution in [-0.2, 0) is 0 Å². The number of para-hydroxylation sites is 2. The van der Waals surface area contributed by atoms with Crippen molar-refractivity contribution in [2.24, 2.45) is 0 Å².